The van der Waals surface area contributed by atoms with Gasteiger partial charge in [-0.2, -0.15) is 0 Å². The third-order valence-corrected chi connectivity index (χ3v) is 4.00. The highest BCUT2D eigenvalue weighted by Gasteiger charge is 2.26. The summed E-state index contributed by atoms with van der Waals surface area (Å²) in [6, 6.07) is 0.147. The van der Waals surface area contributed by atoms with E-state index in [2.05, 4.69) is 15.2 Å². The van der Waals surface area contributed by atoms with Gasteiger partial charge in [0.1, 0.15) is 5.60 Å². The van der Waals surface area contributed by atoms with E-state index in [1.165, 1.54) is 11.3 Å². The van der Waals surface area contributed by atoms with Gasteiger partial charge in [-0.15, -0.1) is 11.3 Å². The third-order valence-electron chi connectivity index (χ3n) is 2.90. The lowest BCUT2D eigenvalue weighted by atomic mass is 10.2. The van der Waals surface area contributed by atoms with Gasteiger partial charge < -0.3 is 10.1 Å². The largest absolute Gasteiger partial charge is 0.444 e. The molecule has 0 spiro atoms. The molecule has 1 aliphatic heterocycles. The SMILES string of the molecule is CC(C)(C)OC(=O)N[C@@H]1CCN(Cc2cnc(Cl)s2)C1. The standard InChI is InChI=1S/C13H20ClN3O2S/c1-13(2,3)19-12(18)16-9-4-5-17(7-9)8-10-6-15-11(14)20-10/h6,9H,4-5,7-8H2,1-3H3,(H,16,18)/t9-/m1/s1. The Hall–Kier alpha value is -0.850. The zero-order chi connectivity index (χ0) is 14.8. The van der Waals surface area contributed by atoms with Crippen molar-refractivity contribution in [1.82, 2.24) is 15.2 Å². The predicted molar refractivity (Wildman–Crippen MR) is 80.2 cm³/mol. The lowest BCUT2D eigenvalue weighted by Crippen LogP contribution is -2.40. The normalized spacial score (nSPS) is 20.1. The van der Waals surface area contributed by atoms with E-state index < -0.39 is 5.60 Å². The maximum Gasteiger partial charge on any atom is 0.407 e. The van der Waals surface area contributed by atoms with Crippen molar-refractivity contribution in [3.05, 3.63) is 15.5 Å². The Morgan fingerprint density at radius 3 is 3.00 bits per heavy atom. The van der Waals surface area contributed by atoms with Gasteiger partial charge in [-0.1, -0.05) is 11.6 Å². The molecule has 0 aromatic carbocycles. The molecule has 2 rings (SSSR count). The molecule has 1 N–H and O–H groups in total. The highest BCUT2D eigenvalue weighted by atomic mass is 35.5. The molecule has 112 valence electrons. The highest BCUT2D eigenvalue weighted by molar-refractivity contribution is 7.15. The fraction of sp³-hybridized carbons (Fsp3) is 0.692. The molecule has 1 saturated heterocycles. The number of rotatable bonds is 3. The molecule has 1 aliphatic rings. The van der Waals surface area contributed by atoms with Crippen LogP contribution < -0.4 is 5.32 Å². The Balaban J connectivity index is 1.76. The molecule has 20 heavy (non-hydrogen) atoms. The van der Waals surface area contributed by atoms with E-state index in [0.29, 0.717) is 4.47 Å². The van der Waals surface area contributed by atoms with Crippen LogP contribution in [0, 0.1) is 0 Å². The Kier molecular flexibility index (Phi) is 4.88. The van der Waals surface area contributed by atoms with Gasteiger partial charge in [-0.3, -0.25) is 4.90 Å². The summed E-state index contributed by atoms with van der Waals surface area (Å²) in [6.07, 6.45) is 2.40. The van der Waals surface area contributed by atoms with Crippen molar-refractivity contribution in [2.45, 2.75) is 45.4 Å². The predicted octanol–water partition coefficient (Wildman–Crippen LogP) is 2.90. The van der Waals surface area contributed by atoms with Crippen LogP contribution in [0.5, 0.6) is 0 Å². The Bertz CT molecular complexity index is 472. The summed E-state index contributed by atoms with van der Waals surface area (Å²) >= 11 is 7.32. The topological polar surface area (TPSA) is 54.5 Å². The van der Waals surface area contributed by atoms with Gasteiger partial charge in [0.05, 0.1) is 0 Å². The molecule has 1 aromatic rings. The molecular formula is C13H20ClN3O2S. The zero-order valence-corrected chi connectivity index (χ0v) is 13.6. The van der Waals surface area contributed by atoms with Gasteiger partial charge >= 0.3 is 6.09 Å². The summed E-state index contributed by atoms with van der Waals surface area (Å²) in [5.41, 5.74) is -0.457. The third kappa shape index (κ3) is 4.92. The first-order chi connectivity index (χ1) is 9.32. The molecule has 7 heteroatoms. The maximum atomic E-state index is 11.7. The molecule has 0 bridgehead atoms. The van der Waals surface area contributed by atoms with E-state index in [1.54, 1.807) is 0 Å². The van der Waals surface area contributed by atoms with Gasteiger partial charge in [0.2, 0.25) is 0 Å². The number of carbonyl (C=O) groups is 1. The van der Waals surface area contributed by atoms with Crippen LogP contribution in [0.2, 0.25) is 4.47 Å². The van der Waals surface area contributed by atoms with E-state index in [9.17, 15) is 4.79 Å². The van der Waals surface area contributed by atoms with Crippen molar-refractivity contribution in [2.75, 3.05) is 13.1 Å². The molecule has 0 saturated carbocycles. The Labute approximate surface area is 128 Å². The van der Waals surface area contributed by atoms with Gasteiger partial charge in [0, 0.05) is 36.8 Å². The van der Waals surface area contributed by atoms with Crippen LogP contribution in [-0.4, -0.2) is 40.7 Å². The van der Waals surface area contributed by atoms with E-state index in [0.717, 1.165) is 30.9 Å². The van der Waals surface area contributed by atoms with Crippen molar-refractivity contribution in [1.29, 1.82) is 0 Å². The van der Waals surface area contributed by atoms with Crippen molar-refractivity contribution in [2.24, 2.45) is 0 Å². The summed E-state index contributed by atoms with van der Waals surface area (Å²) in [5.74, 6) is 0. The number of aromatic nitrogens is 1. The van der Waals surface area contributed by atoms with E-state index in [4.69, 9.17) is 16.3 Å². The summed E-state index contributed by atoms with van der Waals surface area (Å²) in [6.45, 7) is 8.20. The molecular weight excluding hydrogens is 298 g/mol. The minimum absolute atomic E-state index is 0.147. The second kappa shape index (κ2) is 6.28. The van der Waals surface area contributed by atoms with Crippen LogP contribution >= 0.6 is 22.9 Å². The quantitative estimate of drug-likeness (QED) is 0.931. The number of thiazole rings is 1. The molecule has 1 fully saturated rings. The van der Waals surface area contributed by atoms with Crippen LogP contribution in [0.15, 0.2) is 6.20 Å². The number of carbonyl (C=O) groups excluding carboxylic acids is 1. The van der Waals surface area contributed by atoms with Crippen LogP contribution in [0.1, 0.15) is 32.1 Å². The maximum absolute atomic E-state index is 11.7. The number of hydrogen-bond acceptors (Lipinski definition) is 5. The first kappa shape index (κ1) is 15.5. The molecule has 0 aliphatic carbocycles. The lowest BCUT2D eigenvalue weighted by Gasteiger charge is -2.22. The number of nitrogens with zero attached hydrogens (tertiary/aromatic N) is 2. The van der Waals surface area contributed by atoms with Gasteiger partial charge in [0.15, 0.2) is 4.47 Å². The van der Waals surface area contributed by atoms with Crippen LogP contribution in [0.25, 0.3) is 0 Å². The average Bonchev–Trinajstić information content (AvgIpc) is 2.86. The van der Waals surface area contributed by atoms with E-state index >= 15 is 0 Å². The van der Waals surface area contributed by atoms with E-state index in [1.807, 2.05) is 27.0 Å². The minimum Gasteiger partial charge on any atom is -0.444 e. The Morgan fingerprint density at radius 1 is 1.65 bits per heavy atom. The average molecular weight is 318 g/mol. The highest BCUT2D eigenvalue weighted by Crippen LogP contribution is 2.21. The number of hydrogen-bond donors (Lipinski definition) is 1. The minimum atomic E-state index is -0.457. The molecule has 1 atom stereocenters. The molecule has 5 nitrogen and oxygen atoms in total. The number of halogens is 1. The number of nitrogens with one attached hydrogen (secondary N) is 1. The lowest BCUT2D eigenvalue weighted by molar-refractivity contribution is 0.0506. The molecule has 1 aromatic heterocycles. The summed E-state index contributed by atoms with van der Waals surface area (Å²) in [5, 5.41) is 2.92. The van der Waals surface area contributed by atoms with Crippen LogP contribution in [0.3, 0.4) is 0 Å². The van der Waals surface area contributed by atoms with Crippen molar-refractivity contribution < 1.29 is 9.53 Å². The fourth-order valence-electron chi connectivity index (χ4n) is 2.15. The number of ether oxygens (including phenoxy) is 1. The number of amides is 1. The summed E-state index contributed by atoms with van der Waals surface area (Å²) < 4.78 is 5.83. The first-order valence-corrected chi connectivity index (χ1v) is 7.83. The van der Waals surface area contributed by atoms with Crippen LogP contribution in [0.4, 0.5) is 4.79 Å². The van der Waals surface area contributed by atoms with Gasteiger partial charge in [-0.05, 0) is 27.2 Å². The summed E-state index contributed by atoms with van der Waals surface area (Å²) in [7, 11) is 0. The van der Waals surface area contributed by atoms with E-state index in [-0.39, 0.29) is 12.1 Å². The molecule has 1 amide bonds. The fourth-order valence-corrected chi connectivity index (χ4v) is 3.17. The van der Waals surface area contributed by atoms with Gasteiger partial charge in [0.25, 0.3) is 0 Å². The van der Waals surface area contributed by atoms with Crippen molar-refractivity contribution >= 4 is 29.0 Å². The number of alkyl carbamates (subject to hydrolysis) is 1. The van der Waals surface area contributed by atoms with Crippen molar-refractivity contribution in [3.8, 4) is 0 Å². The molecule has 0 radical (unpaired) electrons. The monoisotopic (exact) mass is 317 g/mol. The first-order valence-electron chi connectivity index (χ1n) is 6.64. The second-order valence-electron chi connectivity index (χ2n) is 5.95. The van der Waals surface area contributed by atoms with Crippen molar-refractivity contribution in [3.63, 3.8) is 0 Å². The molecule has 0 unspecified atom stereocenters. The number of likely N-dealkylation sites (tertiary alicyclic amines) is 1. The summed E-state index contributed by atoms with van der Waals surface area (Å²) in [4.78, 5) is 19.2. The van der Waals surface area contributed by atoms with Crippen LogP contribution in [-0.2, 0) is 11.3 Å². The molecule has 2 heterocycles. The Morgan fingerprint density at radius 2 is 2.40 bits per heavy atom. The zero-order valence-electron chi connectivity index (χ0n) is 12.0. The van der Waals surface area contributed by atoms with Gasteiger partial charge in [-0.25, -0.2) is 9.78 Å². The second-order valence-corrected chi connectivity index (χ2v) is 7.64. The smallest absolute Gasteiger partial charge is 0.407 e.